The molecule has 2 rings (SSSR count). The van der Waals surface area contributed by atoms with E-state index in [1.165, 1.54) is 7.11 Å². The third kappa shape index (κ3) is 3.45. The number of halogens is 1. The maximum atomic E-state index is 13.7. The summed E-state index contributed by atoms with van der Waals surface area (Å²) in [6, 6.07) is 1.97. The molecule has 118 valence electrons. The van der Waals surface area contributed by atoms with E-state index in [4.69, 9.17) is 10.5 Å². The van der Waals surface area contributed by atoms with Gasteiger partial charge in [0.05, 0.1) is 23.3 Å². The number of aliphatic hydroxyl groups is 1. The highest BCUT2D eigenvalue weighted by Gasteiger charge is 2.32. The first kappa shape index (κ1) is 16.0. The van der Waals surface area contributed by atoms with E-state index in [9.17, 15) is 17.9 Å². The van der Waals surface area contributed by atoms with Crippen LogP contribution in [-0.4, -0.2) is 32.8 Å². The van der Waals surface area contributed by atoms with Crippen LogP contribution in [0.2, 0.25) is 0 Å². The third-order valence-electron chi connectivity index (χ3n) is 3.69. The Balaban J connectivity index is 2.20. The van der Waals surface area contributed by atoms with Crippen molar-refractivity contribution in [3.05, 3.63) is 17.9 Å². The van der Waals surface area contributed by atoms with Crippen molar-refractivity contribution in [2.45, 2.75) is 36.2 Å². The summed E-state index contributed by atoms with van der Waals surface area (Å²) in [6.45, 7) is -0.0944. The lowest BCUT2D eigenvalue weighted by Gasteiger charge is -2.22. The Labute approximate surface area is 123 Å². The molecule has 0 radical (unpaired) electrons. The zero-order chi connectivity index (χ0) is 15.7. The van der Waals surface area contributed by atoms with Crippen LogP contribution in [0.5, 0.6) is 5.75 Å². The fourth-order valence-electron chi connectivity index (χ4n) is 2.48. The lowest BCUT2D eigenvalue weighted by Crippen LogP contribution is -2.40. The minimum Gasteiger partial charge on any atom is -0.492 e. The number of benzene rings is 1. The van der Waals surface area contributed by atoms with Crippen molar-refractivity contribution in [2.24, 2.45) is 0 Å². The molecular weight excluding hydrogens is 299 g/mol. The number of nitrogen functional groups attached to an aromatic ring is 1. The van der Waals surface area contributed by atoms with Crippen LogP contribution >= 0.6 is 0 Å². The van der Waals surface area contributed by atoms with Gasteiger partial charge in [-0.25, -0.2) is 17.5 Å². The van der Waals surface area contributed by atoms with E-state index in [2.05, 4.69) is 4.72 Å². The largest absolute Gasteiger partial charge is 0.492 e. The molecule has 4 N–H and O–H groups in total. The average Bonchev–Trinajstić information content (AvgIpc) is 2.84. The van der Waals surface area contributed by atoms with E-state index >= 15 is 0 Å². The number of anilines is 1. The summed E-state index contributed by atoms with van der Waals surface area (Å²) in [7, 11) is -2.69. The lowest BCUT2D eigenvalue weighted by molar-refractivity contribution is 0.0532. The van der Waals surface area contributed by atoms with Gasteiger partial charge in [0.25, 0.3) is 0 Å². The molecule has 1 aliphatic rings. The van der Waals surface area contributed by atoms with Crippen molar-refractivity contribution in [3.63, 3.8) is 0 Å². The Bertz CT molecular complexity index is 604. The van der Waals surface area contributed by atoms with Gasteiger partial charge in [-0.2, -0.15) is 0 Å². The van der Waals surface area contributed by atoms with Crippen LogP contribution in [-0.2, 0) is 10.0 Å². The minimum atomic E-state index is -3.94. The molecule has 0 aliphatic heterocycles. The van der Waals surface area contributed by atoms with Crippen molar-refractivity contribution in [3.8, 4) is 5.75 Å². The van der Waals surface area contributed by atoms with Gasteiger partial charge in [-0.3, -0.25) is 0 Å². The van der Waals surface area contributed by atoms with E-state index in [1.807, 2.05) is 0 Å². The summed E-state index contributed by atoms with van der Waals surface area (Å²) >= 11 is 0. The Kier molecular flexibility index (Phi) is 4.40. The van der Waals surface area contributed by atoms with E-state index < -0.39 is 21.4 Å². The van der Waals surface area contributed by atoms with Gasteiger partial charge >= 0.3 is 0 Å². The van der Waals surface area contributed by atoms with E-state index in [0.717, 1.165) is 25.0 Å². The van der Waals surface area contributed by atoms with Gasteiger partial charge < -0.3 is 15.6 Å². The van der Waals surface area contributed by atoms with Crippen molar-refractivity contribution in [2.75, 3.05) is 19.4 Å². The van der Waals surface area contributed by atoms with Crippen LogP contribution in [0.3, 0.4) is 0 Å². The van der Waals surface area contributed by atoms with E-state index in [-0.39, 0.29) is 22.9 Å². The Hall–Kier alpha value is -1.38. The Morgan fingerprint density at radius 1 is 1.43 bits per heavy atom. The minimum absolute atomic E-state index is 0.0944. The van der Waals surface area contributed by atoms with Gasteiger partial charge in [-0.05, 0) is 25.0 Å². The first-order valence-corrected chi connectivity index (χ1v) is 8.11. The van der Waals surface area contributed by atoms with E-state index in [0.29, 0.717) is 12.8 Å². The number of nitrogens with one attached hydrogen (secondary N) is 1. The van der Waals surface area contributed by atoms with E-state index in [1.54, 1.807) is 0 Å². The number of ether oxygens (including phenoxy) is 1. The van der Waals surface area contributed by atoms with Crippen molar-refractivity contribution in [1.82, 2.24) is 4.72 Å². The molecule has 1 aliphatic carbocycles. The molecule has 0 unspecified atom stereocenters. The summed E-state index contributed by atoms with van der Waals surface area (Å²) < 4.78 is 45.1. The highest BCUT2D eigenvalue weighted by atomic mass is 32.2. The third-order valence-corrected chi connectivity index (χ3v) is 5.07. The smallest absolute Gasteiger partial charge is 0.240 e. The first-order valence-electron chi connectivity index (χ1n) is 6.62. The molecule has 1 fully saturated rings. The molecule has 8 heteroatoms. The molecular formula is C13H19FN2O4S. The number of nitrogens with two attached hydrogens (primary N) is 1. The van der Waals surface area contributed by atoms with Crippen molar-refractivity contribution < 1.29 is 22.7 Å². The lowest BCUT2D eigenvalue weighted by atomic mass is 10.0. The quantitative estimate of drug-likeness (QED) is 0.703. The number of hydrogen-bond acceptors (Lipinski definition) is 5. The second kappa shape index (κ2) is 5.78. The monoisotopic (exact) mass is 318 g/mol. The first-order chi connectivity index (χ1) is 9.77. The van der Waals surface area contributed by atoms with Crippen LogP contribution in [0.25, 0.3) is 0 Å². The van der Waals surface area contributed by atoms with Crippen LogP contribution < -0.4 is 15.2 Å². The maximum absolute atomic E-state index is 13.7. The van der Waals surface area contributed by atoms with Crippen LogP contribution in [0.4, 0.5) is 10.1 Å². The molecule has 0 bridgehead atoms. The fraction of sp³-hybridized carbons (Fsp3) is 0.538. The van der Waals surface area contributed by atoms with Gasteiger partial charge in [0.2, 0.25) is 10.0 Å². The van der Waals surface area contributed by atoms with Gasteiger partial charge in [0.15, 0.2) is 11.6 Å². The SMILES string of the molecule is COc1c(N)cc(S(=O)(=O)NCC2(O)CCCC2)cc1F. The number of sulfonamides is 1. The van der Waals surface area contributed by atoms with Crippen LogP contribution in [0.15, 0.2) is 17.0 Å². The van der Waals surface area contributed by atoms with Crippen LogP contribution in [0.1, 0.15) is 25.7 Å². The molecule has 21 heavy (non-hydrogen) atoms. The number of rotatable bonds is 5. The zero-order valence-corrected chi connectivity index (χ0v) is 12.5. The summed E-state index contributed by atoms with van der Waals surface area (Å²) in [4.78, 5) is -0.292. The molecule has 0 amide bonds. The molecule has 0 spiro atoms. The Morgan fingerprint density at radius 3 is 2.57 bits per heavy atom. The predicted octanol–water partition coefficient (Wildman–Crippen LogP) is 1.000. The molecule has 1 saturated carbocycles. The molecule has 1 aromatic rings. The summed E-state index contributed by atoms with van der Waals surface area (Å²) in [5.74, 6) is -1.04. The van der Waals surface area contributed by atoms with Gasteiger partial charge in [0.1, 0.15) is 0 Å². The molecule has 1 aromatic carbocycles. The molecule has 0 heterocycles. The molecule has 0 saturated heterocycles. The normalized spacial score (nSPS) is 17.9. The number of hydrogen-bond donors (Lipinski definition) is 3. The summed E-state index contributed by atoms with van der Waals surface area (Å²) in [5, 5.41) is 10.1. The second-order valence-corrected chi connectivity index (χ2v) is 7.05. The standard InChI is InChI=1S/C13H19FN2O4S/c1-20-12-10(14)6-9(7-11(12)15)21(18,19)16-8-13(17)4-2-3-5-13/h6-7,16-17H,2-5,8,15H2,1H3. The maximum Gasteiger partial charge on any atom is 0.240 e. The van der Waals surface area contributed by atoms with Crippen molar-refractivity contribution >= 4 is 15.7 Å². The van der Waals surface area contributed by atoms with Crippen LogP contribution in [0, 0.1) is 5.82 Å². The fourth-order valence-corrected chi connectivity index (χ4v) is 3.65. The zero-order valence-electron chi connectivity index (χ0n) is 11.7. The highest BCUT2D eigenvalue weighted by Crippen LogP contribution is 2.30. The predicted molar refractivity (Wildman–Crippen MR) is 76.0 cm³/mol. The van der Waals surface area contributed by atoms with Gasteiger partial charge in [-0.1, -0.05) is 12.8 Å². The summed E-state index contributed by atoms with van der Waals surface area (Å²) in [5.41, 5.74) is 4.44. The Morgan fingerprint density at radius 2 is 2.05 bits per heavy atom. The van der Waals surface area contributed by atoms with Gasteiger partial charge in [-0.15, -0.1) is 0 Å². The van der Waals surface area contributed by atoms with Gasteiger partial charge in [0, 0.05) is 6.54 Å². The molecule has 0 atom stereocenters. The number of methoxy groups -OCH3 is 1. The second-order valence-electron chi connectivity index (χ2n) is 5.28. The van der Waals surface area contributed by atoms with Crippen molar-refractivity contribution in [1.29, 1.82) is 0 Å². The highest BCUT2D eigenvalue weighted by molar-refractivity contribution is 7.89. The molecule has 6 nitrogen and oxygen atoms in total. The topological polar surface area (TPSA) is 102 Å². The molecule has 0 aromatic heterocycles. The summed E-state index contributed by atoms with van der Waals surface area (Å²) in [6.07, 6.45) is 2.83. The average molecular weight is 318 g/mol.